The first-order valence-corrected chi connectivity index (χ1v) is 21.8. The molecule has 0 atom stereocenters. The predicted molar refractivity (Wildman–Crippen MR) is 268 cm³/mol. The minimum atomic E-state index is -1.11. The van der Waals surface area contributed by atoms with Gasteiger partial charge in [-0.3, -0.25) is 15.0 Å². The van der Waals surface area contributed by atoms with E-state index >= 15 is 0 Å². The van der Waals surface area contributed by atoms with Crippen LogP contribution in [0.2, 0.25) is 0 Å². The maximum Gasteiger partial charge on any atom is 2.00 e. The van der Waals surface area contributed by atoms with E-state index in [-0.39, 0.29) is 141 Å². The zero-order valence-corrected chi connectivity index (χ0v) is 51.5. The molecule has 0 aliphatic heterocycles. The summed E-state index contributed by atoms with van der Waals surface area (Å²) in [6.45, 7) is 8.67. The molecule has 388 valence electrons. The SMILES string of the molecule is Cc1cc(O)c(-c2ccccn2)c(F)c1.Oc1cc(F)cc(F)c1-c1ccccn1.[Be+2].[Be+2].[C-]#[N+]c1cc(F)cc(O)c1-c1ccccn1.[O-]c1cc(F)cc(F)c1-c1nccc[nH+]1.[O-]c1cc(F)nc(F)c1-c1cccc[nH+]1.[Zn].[Zn].[Zn]. The van der Waals surface area contributed by atoms with E-state index in [0.717, 1.165) is 24.3 Å². The van der Waals surface area contributed by atoms with Crippen molar-refractivity contribution < 1.29 is 129 Å². The largest absolute Gasteiger partial charge is 2.00 e. The number of aromatic nitrogens is 7. The molecule has 0 radical (unpaired) electrons. The first kappa shape index (κ1) is 70.9. The minimum absolute atomic E-state index is 0. The molecule has 0 aliphatic rings. The van der Waals surface area contributed by atoms with Crippen LogP contribution < -0.4 is 20.2 Å². The van der Waals surface area contributed by atoms with Crippen LogP contribution in [-0.2, 0) is 58.4 Å². The standard InChI is InChI=1S/C12H7FN2O.C12H10FNO.C11H7F2NO.2C10H6F2N2O.2Be.3Zn/c1-14-10-6-8(13)7-11(16)12(10)9-4-2-3-5-15-9;1-8-6-9(13)12(11(15)7-8)10-4-2-3-5-14-10;12-7-5-8(13)11(10(15)6-7)9-3-1-2-4-14-9;11-6-4-7(12)9(8(15)5-6)10-13-2-1-3-14-10;11-8-5-7(15)9(10(12)14-8)6-3-1-2-4-13-6;;;;;/h2-7,16H;2-7,15H,1H3;1-6,15H;1-5,15H;1-5H,(H,14,15);;;;;/q;;;;;2*+2;;;. The average molecular weight is 1260 g/mol. The van der Waals surface area contributed by atoms with E-state index in [1.807, 2.05) is 0 Å². The monoisotopic (exact) mass is 1250 g/mol. The van der Waals surface area contributed by atoms with Gasteiger partial charge in [0.25, 0.3) is 0 Å². The molecule has 5 N–H and O–H groups in total. The van der Waals surface area contributed by atoms with E-state index in [1.165, 1.54) is 49.1 Å². The molecular weight excluding hydrogens is 1220 g/mol. The second-order valence-corrected chi connectivity index (χ2v) is 15.3. The quantitative estimate of drug-likeness (QED) is 0.0644. The second kappa shape index (κ2) is 34.1. The number of nitrogens with zero attached hydrogens (tertiary/aromatic N) is 6. The van der Waals surface area contributed by atoms with Gasteiger partial charge in [0.05, 0.1) is 52.1 Å². The fraction of sp³-hybridized carbons (Fsp3) is 0.0182. The van der Waals surface area contributed by atoms with Crippen molar-refractivity contribution in [2.75, 3.05) is 0 Å². The number of aromatic amines is 2. The molecule has 4 aromatic carbocycles. The van der Waals surface area contributed by atoms with E-state index in [1.54, 1.807) is 86.0 Å². The van der Waals surface area contributed by atoms with Crippen LogP contribution in [0.15, 0.2) is 171 Å². The molecule has 0 spiro atoms. The molecule has 0 saturated carbocycles. The number of halogens is 8. The Hall–Kier alpha value is -8.15. The molecule has 81 heavy (non-hydrogen) atoms. The number of H-pyrrole nitrogens is 2. The summed E-state index contributed by atoms with van der Waals surface area (Å²) in [5.74, 6) is -8.95. The minimum Gasteiger partial charge on any atom is -0.872 e. The summed E-state index contributed by atoms with van der Waals surface area (Å²) in [6, 6.07) is 30.1. The molecule has 0 fully saturated rings. The van der Waals surface area contributed by atoms with Gasteiger partial charge in [0, 0.05) is 125 Å². The van der Waals surface area contributed by atoms with Gasteiger partial charge in [-0.25, -0.2) is 41.2 Å². The van der Waals surface area contributed by atoms with Crippen molar-refractivity contribution >= 4 is 25.9 Å². The fourth-order valence-corrected chi connectivity index (χ4v) is 6.75. The maximum absolute atomic E-state index is 13.6. The van der Waals surface area contributed by atoms with Gasteiger partial charge in [0.15, 0.2) is 6.20 Å². The van der Waals surface area contributed by atoms with E-state index in [9.17, 15) is 60.7 Å². The molecule has 6 heterocycles. The first-order chi connectivity index (χ1) is 36.4. The van der Waals surface area contributed by atoms with Gasteiger partial charge >= 0.3 is 26.1 Å². The van der Waals surface area contributed by atoms with Gasteiger partial charge in [-0.15, -0.1) is 0 Å². The van der Waals surface area contributed by atoms with Crippen LogP contribution in [0.1, 0.15) is 5.56 Å². The number of nitrogens with one attached hydrogen (secondary N) is 2. The number of benzene rings is 4. The van der Waals surface area contributed by atoms with E-state index in [0.29, 0.717) is 35.2 Å². The second-order valence-electron chi connectivity index (χ2n) is 15.3. The Bertz CT molecular complexity index is 3180. The van der Waals surface area contributed by atoms with Gasteiger partial charge in [-0.05, 0) is 90.3 Å². The molecular formula is C55H36Be2F8N8O5Zn3+4. The molecule has 26 heteroatoms. The van der Waals surface area contributed by atoms with Crippen molar-refractivity contribution in [2.45, 2.75) is 6.92 Å². The number of phenolic OH excluding ortho intramolecular Hbond substituents is 3. The number of aromatic hydroxyl groups is 3. The van der Waals surface area contributed by atoms with Gasteiger partial charge in [0.1, 0.15) is 58.3 Å². The summed E-state index contributed by atoms with van der Waals surface area (Å²) in [7, 11) is 0. The molecule has 6 aromatic heterocycles. The number of phenols is 3. The smallest absolute Gasteiger partial charge is 0.872 e. The summed E-state index contributed by atoms with van der Waals surface area (Å²) >= 11 is 0. The number of aryl methyl sites for hydroxylation is 1. The Kier molecular flexibility index (Phi) is 29.8. The summed E-state index contributed by atoms with van der Waals surface area (Å²) in [5, 5.41) is 51.3. The van der Waals surface area contributed by atoms with E-state index in [2.05, 4.69) is 39.7 Å². The van der Waals surface area contributed by atoms with Crippen molar-refractivity contribution in [1.82, 2.24) is 24.9 Å². The summed E-state index contributed by atoms with van der Waals surface area (Å²) in [6.07, 6.45) is 9.04. The Morgan fingerprint density at radius 2 is 0.914 bits per heavy atom. The van der Waals surface area contributed by atoms with Crippen LogP contribution in [0, 0.1) is 60.3 Å². The molecule has 10 aromatic rings. The van der Waals surface area contributed by atoms with Crippen LogP contribution in [0.5, 0.6) is 28.7 Å². The number of rotatable bonds is 5. The summed E-state index contributed by atoms with van der Waals surface area (Å²) < 4.78 is 104. The normalized spacial score (nSPS) is 9.53. The van der Waals surface area contributed by atoms with Crippen molar-refractivity contribution in [1.29, 1.82) is 0 Å². The van der Waals surface area contributed by atoms with Crippen molar-refractivity contribution in [3.05, 3.63) is 234 Å². The fourth-order valence-electron chi connectivity index (χ4n) is 6.75. The first-order valence-electron chi connectivity index (χ1n) is 21.8. The molecule has 0 aliphatic carbocycles. The molecule has 0 unspecified atom stereocenters. The zero-order valence-electron chi connectivity index (χ0n) is 42.6. The third kappa shape index (κ3) is 19.6. The molecule has 0 bridgehead atoms. The number of pyridine rings is 5. The molecule has 13 nitrogen and oxygen atoms in total. The Balaban J connectivity index is 0.000000499. The Morgan fingerprint density at radius 1 is 0.469 bits per heavy atom. The van der Waals surface area contributed by atoms with Crippen LogP contribution in [0.25, 0.3) is 61.3 Å². The van der Waals surface area contributed by atoms with Crippen molar-refractivity contribution in [2.24, 2.45) is 0 Å². The average Bonchev–Trinajstić information content (AvgIpc) is 3.38. The number of hydrogen-bond acceptors (Lipinski definition) is 10. The van der Waals surface area contributed by atoms with Gasteiger partial charge in [-0.2, -0.15) is 13.8 Å². The van der Waals surface area contributed by atoms with Gasteiger partial charge in [-0.1, -0.05) is 29.7 Å². The van der Waals surface area contributed by atoms with Gasteiger partial charge in [0.2, 0.25) is 23.3 Å². The van der Waals surface area contributed by atoms with E-state index in [4.69, 9.17) is 6.57 Å². The van der Waals surface area contributed by atoms with Crippen LogP contribution in [0.3, 0.4) is 0 Å². The van der Waals surface area contributed by atoms with Gasteiger partial charge < -0.3 is 25.5 Å². The maximum atomic E-state index is 13.6. The topological polar surface area (TPSA) is 204 Å². The summed E-state index contributed by atoms with van der Waals surface area (Å²) in [4.78, 5) is 27.1. The molecule has 0 amide bonds. The zero-order chi connectivity index (χ0) is 54.9. The molecule has 0 saturated heterocycles. The van der Waals surface area contributed by atoms with E-state index < -0.39 is 64.0 Å². The predicted octanol–water partition coefficient (Wildman–Crippen LogP) is 9.84. The third-order valence-corrected chi connectivity index (χ3v) is 9.94. The Labute approximate surface area is 503 Å². The van der Waals surface area contributed by atoms with Crippen LogP contribution >= 0.6 is 0 Å². The van der Waals surface area contributed by atoms with Crippen molar-refractivity contribution in [3.8, 4) is 85.2 Å². The van der Waals surface area contributed by atoms with Crippen molar-refractivity contribution in [3.63, 3.8) is 0 Å². The number of hydrogen-bond donors (Lipinski definition) is 3. The van der Waals surface area contributed by atoms with Crippen LogP contribution in [-0.4, -0.2) is 60.5 Å². The molecule has 10 rings (SSSR count). The van der Waals surface area contributed by atoms with Crippen LogP contribution in [0.4, 0.5) is 40.8 Å². The Morgan fingerprint density at radius 3 is 1.36 bits per heavy atom. The summed E-state index contributed by atoms with van der Waals surface area (Å²) in [5.41, 5.74) is 1.99. The third-order valence-electron chi connectivity index (χ3n) is 9.94.